The van der Waals surface area contributed by atoms with E-state index in [1.165, 1.54) is 0 Å². The first-order chi connectivity index (χ1) is 6.08. The minimum Gasteiger partial charge on any atom is -0.242 e. The minimum absolute atomic E-state index is 0.777. The molecule has 0 bridgehead atoms. The van der Waals surface area contributed by atoms with Crippen LogP contribution >= 0.6 is 0 Å². The third-order valence-corrected chi connectivity index (χ3v) is 1.69. The van der Waals surface area contributed by atoms with Crippen molar-refractivity contribution < 1.29 is 8.42 Å². The lowest BCUT2D eigenvalue weighted by molar-refractivity contribution is 0.597. The Bertz CT molecular complexity index is 426. The fourth-order valence-corrected chi connectivity index (χ4v) is 0.948. The van der Waals surface area contributed by atoms with Gasteiger partial charge in [-0.15, -0.1) is 0 Å². The minimum atomic E-state index is -3.22. The number of hydrogen-bond acceptors (Lipinski definition) is 2. The molecular formula is C9H9NO2S. The summed E-state index contributed by atoms with van der Waals surface area (Å²) in [7, 11) is -3.22. The monoisotopic (exact) mass is 195 g/mol. The van der Waals surface area contributed by atoms with Crippen molar-refractivity contribution in [2.75, 3.05) is 6.26 Å². The van der Waals surface area contributed by atoms with E-state index in [0.717, 1.165) is 11.8 Å². The molecule has 1 aromatic carbocycles. The zero-order chi connectivity index (χ0) is 9.73. The van der Waals surface area contributed by atoms with Gasteiger partial charge in [0, 0.05) is 11.6 Å². The van der Waals surface area contributed by atoms with Crippen molar-refractivity contribution in [3.63, 3.8) is 0 Å². The number of benzene rings is 1. The second kappa shape index (κ2) is 3.97. The van der Waals surface area contributed by atoms with Crippen LogP contribution in [-0.4, -0.2) is 14.7 Å². The Morgan fingerprint density at radius 3 is 2.38 bits per heavy atom. The van der Waals surface area contributed by atoms with Crippen molar-refractivity contribution >= 4 is 10.0 Å². The number of hydrogen-bond donors (Lipinski definition) is 1. The van der Waals surface area contributed by atoms with Crippen molar-refractivity contribution in [1.29, 1.82) is 0 Å². The summed E-state index contributed by atoms with van der Waals surface area (Å²) in [5.41, 5.74) is 0.777. The Morgan fingerprint density at radius 1 is 1.23 bits per heavy atom. The third kappa shape index (κ3) is 4.19. The lowest BCUT2D eigenvalue weighted by atomic mass is 10.2. The normalized spacial score (nSPS) is 9.92. The molecule has 0 heterocycles. The molecule has 0 unspecified atom stereocenters. The highest BCUT2D eigenvalue weighted by Crippen LogP contribution is 1.93. The summed E-state index contributed by atoms with van der Waals surface area (Å²) in [6.07, 6.45) is 1.06. The molecule has 68 valence electrons. The number of rotatable bonds is 1. The highest BCUT2D eigenvalue weighted by Gasteiger charge is 1.92. The van der Waals surface area contributed by atoms with Gasteiger partial charge in [-0.3, -0.25) is 0 Å². The predicted octanol–water partition coefficient (Wildman–Crippen LogP) is 0.545. The summed E-state index contributed by atoms with van der Waals surface area (Å²) in [4.78, 5) is 0. The Morgan fingerprint density at radius 2 is 1.85 bits per heavy atom. The summed E-state index contributed by atoms with van der Waals surface area (Å²) >= 11 is 0. The van der Waals surface area contributed by atoms with Gasteiger partial charge in [-0.1, -0.05) is 18.2 Å². The molecule has 0 saturated carbocycles. The van der Waals surface area contributed by atoms with Crippen LogP contribution < -0.4 is 4.72 Å². The summed E-state index contributed by atoms with van der Waals surface area (Å²) in [5, 5.41) is 0. The van der Waals surface area contributed by atoms with E-state index in [2.05, 4.69) is 16.7 Å². The van der Waals surface area contributed by atoms with Gasteiger partial charge in [-0.05, 0) is 18.1 Å². The first kappa shape index (κ1) is 9.62. The fourth-order valence-electron chi connectivity index (χ4n) is 0.712. The van der Waals surface area contributed by atoms with E-state index in [-0.39, 0.29) is 0 Å². The molecule has 4 heteroatoms. The Labute approximate surface area is 77.8 Å². The van der Waals surface area contributed by atoms with E-state index >= 15 is 0 Å². The lowest BCUT2D eigenvalue weighted by Gasteiger charge is -1.90. The van der Waals surface area contributed by atoms with Gasteiger partial charge in [0.15, 0.2) is 0 Å². The van der Waals surface area contributed by atoms with Crippen LogP contribution in [0.5, 0.6) is 0 Å². The van der Waals surface area contributed by atoms with E-state index < -0.39 is 10.0 Å². The molecule has 1 aromatic rings. The van der Waals surface area contributed by atoms with E-state index in [4.69, 9.17) is 0 Å². The van der Waals surface area contributed by atoms with Gasteiger partial charge in [0.25, 0.3) is 0 Å². The van der Waals surface area contributed by atoms with E-state index in [0.29, 0.717) is 0 Å². The quantitative estimate of drug-likeness (QED) is 0.525. The zero-order valence-electron chi connectivity index (χ0n) is 7.11. The Balaban J connectivity index is 2.70. The van der Waals surface area contributed by atoms with Crippen LogP contribution in [0.4, 0.5) is 0 Å². The molecule has 0 radical (unpaired) electrons. The maximum absolute atomic E-state index is 10.6. The van der Waals surface area contributed by atoms with Gasteiger partial charge in [0.1, 0.15) is 0 Å². The van der Waals surface area contributed by atoms with Crippen molar-refractivity contribution in [2.45, 2.75) is 0 Å². The van der Waals surface area contributed by atoms with Crippen molar-refractivity contribution in [3.05, 3.63) is 35.9 Å². The zero-order valence-corrected chi connectivity index (χ0v) is 7.93. The topological polar surface area (TPSA) is 46.2 Å². The van der Waals surface area contributed by atoms with E-state index in [1.807, 2.05) is 18.2 Å². The molecule has 0 aliphatic carbocycles. The highest BCUT2D eigenvalue weighted by molar-refractivity contribution is 7.88. The van der Waals surface area contributed by atoms with Crippen molar-refractivity contribution in [1.82, 2.24) is 4.72 Å². The maximum atomic E-state index is 10.6. The van der Waals surface area contributed by atoms with Crippen LogP contribution in [0.2, 0.25) is 0 Å². The molecule has 0 amide bonds. The average molecular weight is 195 g/mol. The first-order valence-electron chi connectivity index (χ1n) is 3.61. The van der Waals surface area contributed by atoms with Crippen molar-refractivity contribution in [2.24, 2.45) is 0 Å². The first-order valence-corrected chi connectivity index (χ1v) is 5.50. The van der Waals surface area contributed by atoms with E-state index in [1.54, 1.807) is 12.1 Å². The third-order valence-electron chi connectivity index (χ3n) is 1.22. The van der Waals surface area contributed by atoms with Crippen LogP contribution in [0, 0.1) is 12.0 Å². The van der Waals surface area contributed by atoms with Crippen LogP contribution in [-0.2, 0) is 10.0 Å². The molecule has 1 N–H and O–H groups in total. The molecule has 0 atom stereocenters. The molecule has 0 aliphatic heterocycles. The molecule has 0 aliphatic rings. The molecule has 0 saturated heterocycles. The van der Waals surface area contributed by atoms with Gasteiger partial charge in [-0.25, -0.2) is 13.1 Å². The second-order valence-corrected chi connectivity index (χ2v) is 4.24. The molecule has 1 rings (SSSR count). The molecular weight excluding hydrogens is 186 g/mol. The van der Waals surface area contributed by atoms with Crippen LogP contribution in [0.3, 0.4) is 0 Å². The smallest absolute Gasteiger partial charge is 0.236 e. The van der Waals surface area contributed by atoms with Crippen LogP contribution in [0.25, 0.3) is 0 Å². The Kier molecular flexibility index (Phi) is 2.93. The maximum Gasteiger partial charge on any atom is 0.236 e. The highest BCUT2D eigenvalue weighted by atomic mass is 32.2. The molecule has 0 aromatic heterocycles. The van der Waals surface area contributed by atoms with Crippen LogP contribution in [0.1, 0.15) is 5.56 Å². The van der Waals surface area contributed by atoms with Gasteiger partial charge in [0.05, 0.1) is 6.26 Å². The summed E-state index contributed by atoms with van der Waals surface area (Å²) in [6.45, 7) is 0. The summed E-state index contributed by atoms with van der Waals surface area (Å²) in [6, 6.07) is 11.5. The van der Waals surface area contributed by atoms with Gasteiger partial charge in [0.2, 0.25) is 10.0 Å². The number of nitrogens with one attached hydrogen (secondary N) is 1. The SMILES string of the molecule is CS(=O)(=O)NC#Cc1ccccc1. The largest absolute Gasteiger partial charge is 0.242 e. The number of sulfonamides is 1. The molecule has 13 heavy (non-hydrogen) atoms. The van der Waals surface area contributed by atoms with Gasteiger partial charge < -0.3 is 0 Å². The van der Waals surface area contributed by atoms with Crippen molar-refractivity contribution in [3.8, 4) is 12.0 Å². The summed E-state index contributed by atoms with van der Waals surface area (Å²) in [5.74, 6) is 2.66. The standard InChI is InChI=1S/C9H9NO2S/c1-13(11,12)10-8-7-9-5-3-2-4-6-9/h2-6,10H,1H3. The predicted molar refractivity (Wildman–Crippen MR) is 51.3 cm³/mol. The van der Waals surface area contributed by atoms with Crippen LogP contribution in [0.15, 0.2) is 30.3 Å². The fraction of sp³-hybridized carbons (Fsp3) is 0.111. The average Bonchev–Trinajstić information content (AvgIpc) is 2.04. The molecule has 0 spiro atoms. The van der Waals surface area contributed by atoms with E-state index in [9.17, 15) is 8.42 Å². The van der Waals surface area contributed by atoms with Gasteiger partial charge >= 0.3 is 0 Å². The summed E-state index contributed by atoms with van der Waals surface area (Å²) < 4.78 is 23.3. The molecule has 3 nitrogen and oxygen atoms in total. The molecule has 0 fully saturated rings. The Hall–Kier alpha value is -1.47. The lowest BCUT2D eigenvalue weighted by Crippen LogP contribution is -2.15. The van der Waals surface area contributed by atoms with Gasteiger partial charge in [-0.2, -0.15) is 0 Å². The second-order valence-electron chi connectivity index (χ2n) is 2.49.